The van der Waals surface area contributed by atoms with Gasteiger partial charge in [0.1, 0.15) is 10.8 Å². The highest BCUT2D eigenvalue weighted by molar-refractivity contribution is 7.13. The monoisotopic (exact) mass is 410 g/mol. The third-order valence-electron chi connectivity index (χ3n) is 4.81. The molecule has 1 aromatic heterocycles. The molecule has 8 heteroatoms. The Kier molecular flexibility index (Phi) is 5.35. The summed E-state index contributed by atoms with van der Waals surface area (Å²) in [5, 5.41) is 11.8. The summed E-state index contributed by atoms with van der Waals surface area (Å²) in [5.74, 6) is -1.02. The fraction of sp³-hybridized carbons (Fsp3) is 0.238. The van der Waals surface area contributed by atoms with Gasteiger partial charge >= 0.3 is 0 Å². The van der Waals surface area contributed by atoms with Gasteiger partial charge in [-0.3, -0.25) is 9.59 Å². The lowest BCUT2D eigenvalue weighted by Crippen LogP contribution is -2.30. The van der Waals surface area contributed by atoms with E-state index in [1.807, 2.05) is 31.2 Å². The second kappa shape index (κ2) is 8.08. The van der Waals surface area contributed by atoms with Crippen LogP contribution in [0.2, 0.25) is 0 Å². The molecule has 0 aliphatic carbocycles. The van der Waals surface area contributed by atoms with Crippen LogP contribution >= 0.6 is 11.3 Å². The van der Waals surface area contributed by atoms with Gasteiger partial charge in [-0.15, -0.1) is 10.2 Å². The molecule has 0 bridgehead atoms. The van der Waals surface area contributed by atoms with Gasteiger partial charge < -0.3 is 10.2 Å². The van der Waals surface area contributed by atoms with Gasteiger partial charge in [-0.25, -0.2) is 4.39 Å². The molecule has 0 saturated carbocycles. The standard InChI is InChI=1S/C21H19FN4O2S/c1-13-7-9-16(10-8-13)23-18(27)20-25-24-19(29-20)17-6-3-11-26(17)21(28)14-4-2-5-15(22)12-14/h2,4-5,7-10,12,17H,3,6,11H2,1H3,(H,23,27)/t17-/m1/s1. The molecule has 6 nitrogen and oxygen atoms in total. The summed E-state index contributed by atoms with van der Waals surface area (Å²) in [6.07, 6.45) is 1.55. The maximum Gasteiger partial charge on any atom is 0.286 e. The Morgan fingerprint density at radius 2 is 1.97 bits per heavy atom. The predicted octanol–water partition coefficient (Wildman–Crippen LogP) is 4.22. The molecule has 29 heavy (non-hydrogen) atoms. The third-order valence-corrected chi connectivity index (χ3v) is 5.84. The first-order chi connectivity index (χ1) is 14.0. The van der Waals surface area contributed by atoms with Crippen LogP contribution in [0.15, 0.2) is 48.5 Å². The van der Waals surface area contributed by atoms with E-state index < -0.39 is 5.82 Å². The Balaban J connectivity index is 1.49. The van der Waals surface area contributed by atoms with Gasteiger partial charge in [0.25, 0.3) is 11.8 Å². The molecule has 1 N–H and O–H groups in total. The van der Waals surface area contributed by atoms with Gasteiger partial charge in [0.05, 0.1) is 6.04 Å². The first-order valence-electron chi connectivity index (χ1n) is 9.29. The van der Waals surface area contributed by atoms with E-state index in [0.29, 0.717) is 22.8 Å². The minimum Gasteiger partial charge on any atom is -0.329 e. The summed E-state index contributed by atoms with van der Waals surface area (Å²) in [6.45, 7) is 2.53. The van der Waals surface area contributed by atoms with Crippen LogP contribution in [0.25, 0.3) is 0 Å². The van der Waals surface area contributed by atoms with Crippen molar-refractivity contribution in [2.75, 3.05) is 11.9 Å². The van der Waals surface area contributed by atoms with E-state index in [4.69, 9.17) is 0 Å². The molecule has 2 amide bonds. The summed E-state index contributed by atoms with van der Waals surface area (Å²) in [5.41, 5.74) is 2.09. The second-order valence-electron chi connectivity index (χ2n) is 6.93. The van der Waals surface area contributed by atoms with E-state index in [1.54, 1.807) is 11.0 Å². The number of amides is 2. The highest BCUT2D eigenvalue weighted by atomic mass is 32.1. The predicted molar refractivity (Wildman–Crippen MR) is 108 cm³/mol. The smallest absolute Gasteiger partial charge is 0.286 e. The highest BCUT2D eigenvalue weighted by Gasteiger charge is 2.33. The molecule has 2 aromatic carbocycles. The van der Waals surface area contributed by atoms with Crippen LogP contribution in [-0.2, 0) is 0 Å². The van der Waals surface area contributed by atoms with Crippen LogP contribution in [0.3, 0.4) is 0 Å². The number of aryl methyl sites for hydroxylation is 1. The summed E-state index contributed by atoms with van der Waals surface area (Å²) < 4.78 is 13.5. The quantitative estimate of drug-likeness (QED) is 0.699. The summed E-state index contributed by atoms with van der Waals surface area (Å²) >= 11 is 1.18. The van der Waals surface area contributed by atoms with Crippen LogP contribution in [-0.4, -0.2) is 33.5 Å². The van der Waals surface area contributed by atoms with Crippen molar-refractivity contribution in [1.29, 1.82) is 0 Å². The van der Waals surface area contributed by atoms with Crippen molar-refractivity contribution in [3.63, 3.8) is 0 Å². The Labute approximate surface area is 171 Å². The molecule has 2 heterocycles. The number of carbonyl (C=O) groups excluding carboxylic acids is 2. The van der Waals surface area contributed by atoms with Crippen LogP contribution < -0.4 is 5.32 Å². The number of aromatic nitrogens is 2. The van der Waals surface area contributed by atoms with Crippen molar-refractivity contribution in [3.8, 4) is 0 Å². The number of likely N-dealkylation sites (tertiary alicyclic amines) is 1. The van der Waals surface area contributed by atoms with Gasteiger partial charge in [-0.05, 0) is 50.1 Å². The molecule has 3 aromatic rings. The van der Waals surface area contributed by atoms with Gasteiger partial charge in [0.15, 0.2) is 0 Å². The Bertz CT molecular complexity index is 1050. The lowest BCUT2D eigenvalue weighted by atomic mass is 10.1. The van der Waals surface area contributed by atoms with Crippen molar-refractivity contribution in [2.24, 2.45) is 0 Å². The third kappa shape index (κ3) is 4.17. The average molecular weight is 410 g/mol. The number of nitrogens with zero attached hydrogens (tertiary/aromatic N) is 3. The minimum absolute atomic E-state index is 0.241. The second-order valence-corrected chi connectivity index (χ2v) is 7.94. The highest BCUT2D eigenvalue weighted by Crippen LogP contribution is 2.34. The number of benzene rings is 2. The van der Waals surface area contributed by atoms with E-state index in [2.05, 4.69) is 15.5 Å². The lowest BCUT2D eigenvalue weighted by molar-refractivity contribution is 0.0734. The molecule has 0 radical (unpaired) electrons. The minimum atomic E-state index is -0.447. The molecular formula is C21H19FN4O2S. The van der Waals surface area contributed by atoms with Crippen LogP contribution in [0, 0.1) is 12.7 Å². The number of anilines is 1. The number of rotatable bonds is 4. The van der Waals surface area contributed by atoms with Crippen LogP contribution in [0.1, 0.15) is 49.6 Å². The number of nitrogens with one attached hydrogen (secondary N) is 1. The summed E-state index contributed by atoms with van der Waals surface area (Å²) in [6, 6.07) is 12.9. The number of halogens is 1. The first kappa shape index (κ1) is 19.2. The molecule has 1 aliphatic heterocycles. The van der Waals surface area contributed by atoms with Crippen molar-refractivity contribution in [1.82, 2.24) is 15.1 Å². The van der Waals surface area contributed by atoms with Crippen molar-refractivity contribution in [3.05, 3.63) is 75.5 Å². The molecule has 0 unspecified atom stereocenters. The van der Waals surface area contributed by atoms with Gasteiger partial charge in [-0.2, -0.15) is 0 Å². The SMILES string of the molecule is Cc1ccc(NC(=O)c2nnc([C@H]3CCCN3C(=O)c3cccc(F)c3)s2)cc1. The van der Waals surface area contributed by atoms with Crippen molar-refractivity contribution >= 4 is 28.8 Å². The topological polar surface area (TPSA) is 75.2 Å². The van der Waals surface area contributed by atoms with Crippen LogP contribution in [0.5, 0.6) is 0 Å². The fourth-order valence-electron chi connectivity index (χ4n) is 3.34. The maximum atomic E-state index is 13.5. The van der Waals surface area contributed by atoms with Gasteiger partial charge in [0, 0.05) is 17.8 Å². The Morgan fingerprint density at radius 3 is 2.72 bits per heavy atom. The Hall–Kier alpha value is -3.13. The average Bonchev–Trinajstić information content (AvgIpc) is 3.38. The number of carbonyl (C=O) groups is 2. The number of hydrogen-bond donors (Lipinski definition) is 1. The van der Waals surface area contributed by atoms with E-state index in [9.17, 15) is 14.0 Å². The Morgan fingerprint density at radius 1 is 1.17 bits per heavy atom. The summed E-state index contributed by atoms with van der Waals surface area (Å²) in [4.78, 5) is 27.0. The maximum absolute atomic E-state index is 13.5. The first-order valence-corrected chi connectivity index (χ1v) is 10.1. The normalized spacial score (nSPS) is 16.1. The van der Waals surface area contributed by atoms with E-state index in [-0.39, 0.29) is 22.9 Å². The molecule has 1 atom stereocenters. The van der Waals surface area contributed by atoms with Gasteiger partial charge in [-0.1, -0.05) is 35.1 Å². The number of hydrogen-bond acceptors (Lipinski definition) is 5. The molecule has 0 spiro atoms. The zero-order valence-electron chi connectivity index (χ0n) is 15.8. The lowest BCUT2D eigenvalue weighted by Gasteiger charge is -2.22. The molecule has 1 fully saturated rings. The summed E-state index contributed by atoms with van der Waals surface area (Å²) in [7, 11) is 0. The molecule has 1 saturated heterocycles. The zero-order valence-corrected chi connectivity index (χ0v) is 16.6. The molecule has 148 valence electrons. The molecule has 1 aliphatic rings. The zero-order chi connectivity index (χ0) is 20.4. The van der Waals surface area contributed by atoms with E-state index >= 15 is 0 Å². The largest absolute Gasteiger partial charge is 0.329 e. The van der Waals surface area contributed by atoms with E-state index in [1.165, 1.54) is 29.5 Å². The van der Waals surface area contributed by atoms with Crippen LogP contribution in [0.4, 0.5) is 10.1 Å². The van der Waals surface area contributed by atoms with E-state index in [0.717, 1.165) is 18.4 Å². The van der Waals surface area contributed by atoms with Crippen molar-refractivity contribution in [2.45, 2.75) is 25.8 Å². The fourth-order valence-corrected chi connectivity index (χ4v) is 4.22. The van der Waals surface area contributed by atoms with Crippen molar-refractivity contribution < 1.29 is 14.0 Å². The molecular weight excluding hydrogens is 391 g/mol. The molecule has 4 rings (SSSR count). The van der Waals surface area contributed by atoms with Gasteiger partial charge in [0.2, 0.25) is 5.01 Å².